The van der Waals surface area contributed by atoms with E-state index < -0.39 is 23.0 Å². The molecule has 8 heteroatoms. The van der Waals surface area contributed by atoms with Gasteiger partial charge in [-0.1, -0.05) is 37.6 Å². The van der Waals surface area contributed by atoms with Gasteiger partial charge in [-0.2, -0.15) is 13.2 Å². The van der Waals surface area contributed by atoms with Crippen LogP contribution in [0.15, 0.2) is 71.7 Å². The lowest BCUT2D eigenvalue weighted by Gasteiger charge is -2.14. The molecule has 188 valence electrons. The van der Waals surface area contributed by atoms with Crippen molar-refractivity contribution in [1.82, 2.24) is 4.98 Å². The predicted octanol–water partition coefficient (Wildman–Crippen LogP) is 7.15. The first kappa shape index (κ1) is 25.3. The molecule has 0 saturated heterocycles. The van der Waals surface area contributed by atoms with E-state index in [1.54, 1.807) is 12.1 Å². The maximum Gasteiger partial charge on any atom is 0.416 e. The van der Waals surface area contributed by atoms with Crippen LogP contribution in [-0.2, 0) is 12.6 Å². The second-order valence-corrected chi connectivity index (χ2v) is 8.34. The van der Waals surface area contributed by atoms with Crippen molar-refractivity contribution in [2.24, 2.45) is 0 Å². The van der Waals surface area contributed by atoms with E-state index in [1.807, 2.05) is 37.3 Å². The number of aryl methyl sites for hydroxylation is 1. The van der Waals surface area contributed by atoms with Gasteiger partial charge in [0.15, 0.2) is 5.43 Å². The van der Waals surface area contributed by atoms with Gasteiger partial charge >= 0.3 is 6.18 Å². The van der Waals surface area contributed by atoms with E-state index in [9.17, 15) is 22.4 Å². The highest BCUT2D eigenvalue weighted by Crippen LogP contribution is 2.33. The second kappa shape index (κ2) is 10.8. The number of hydrogen-bond donors (Lipinski definition) is 1. The molecular formula is C28H25F4NO3. The Labute approximate surface area is 205 Å². The molecule has 0 aliphatic rings. The molecule has 0 saturated carbocycles. The Balaban J connectivity index is 1.63. The molecule has 0 fully saturated rings. The van der Waals surface area contributed by atoms with Gasteiger partial charge in [0.2, 0.25) is 0 Å². The van der Waals surface area contributed by atoms with Crippen molar-refractivity contribution in [3.63, 3.8) is 0 Å². The molecule has 0 radical (unpaired) electrons. The average Bonchev–Trinajstić information content (AvgIpc) is 2.86. The van der Waals surface area contributed by atoms with Gasteiger partial charge in [-0.25, -0.2) is 4.39 Å². The zero-order chi connectivity index (χ0) is 25.7. The van der Waals surface area contributed by atoms with Gasteiger partial charge in [-0.3, -0.25) is 4.79 Å². The molecule has 36 heavy (non-hydrogen) atoms. The summed E-state index contributed by atoms with van der Waals surface area (Å²) in [5.74, 6) is 0.231. The Kier molecular flexibility index (Phi) is 7.62. The van der Waals surface area contributed by atoms with E-state index in [0.29, 0.717) is 42.4 Å². The number of alkyl halides is 3. The van der Waals surface area contributed by atoms with E-state index in [0.717, 1.165) is 36.3 Å². The third kappa shape index (κ3) is 5.70. The molecule has 1 N–H and O–H groups in total. The Morgan fingerprint density at radius 1 is 0.917 bits per heavy atom. The molecule has 0 unspecified atom stereocenters. The lowest BCUT2D eigenvalue weighted by atomic mass is 9.99. The molecule has 0 aliphatic carbocycles. The lowest BCUT2D eigenvalue weighted by molar-refractivity contribution is -0.137. The molecule has 4 aromatic rings. The smallest absolute Gasteiger partial charge is 0.416 e. The van der Waals surface area contributed by atoms with Crippen molar-refractivity contribution >= 4 is 10.9 Å². The Morgan fingerprint density at radius 3 is 2.36 bits per heavy atom. The van der Waals surface area contributed by atoms with E-state index in [1.165, 1.54) is 6.20 Å². The lowest BCUT2D eigenvalue weighted by Crippen LogP contribution is -2.12. The molecule has 3 aromatic carbocycles. The number of nitrogens with one attached hydrogen (secondary N) is 1. The van der Waals surface area contributed by atoms with Crippen LogP contribution in [0.4, 0.5) is 17.6 Å². The molecule has 0 amide bonds. The number of halogens is 4. The number of aromatic amines is 1. The summed E-state index contributed by atoms with van der Waals surface area (Å²) < 4.78 is 65.0. The fourth-order valence-corrected chi connectivity index (χ4v) is 3.93. The predicted molar refractivity (Wildman–Crippen MR) is 131 cm³/mol. The van der Waals surface area contributed by atoms with Crippen LogP contribution in [0.2, 0.25) is 0 Å². The van der Waals surface area contributed by atoms with Gasteiger partial charge in [-0.05, 0) is 48.7 Å². The first-order valence-corrected chi connectivity index (χ1v) is 11.6. The summed E-state index contributed by atoms with van der Waals surface area (Å²) in [5.41, 5.74) is -0.519. The van der Waals surface area contributed by atoms with Crippen molar-refractivity contribution in [3.05, 3.63) is 94.0 Å². The van der Waals surface area contributed by atoms with Gasteiger partial charge < -0.3 is 14.5 Å². The van der Waals surface area contributed by atoms with Gasteiger partial charge in [0, 0.05) is 28.8 Å². The van der Waals surface area contributed by atoms with Gasteiger partial charge in [0.1, 0.15) is 30.5 Å². The largest absolute Gasteiger partial charge is 0.490 e. The third-order valence-corrected chi connectivity index (χ3v) is 5.80. The normalized spacial score (nSPS) is 11.6. The van der Waals surface area contributed by atoms with Crippen molar-refractivity contribution in [2.75, 3.05) is 13.2 Å². The van der Waals surface area contributed by atoms with Crippen LogP contribution in [0.1, 0.15) is 30.9 Å². The number of benzene rings is 3. The highest BCUT2D eigenvalue weighted by atomic mass is 19.4. The molecule has 0 aliphatic heterocycles. The molecule has 0 spiro atoms. The summed E-state index contributed by atoms with van der Waals surface area (Å²) in [6, 6.07) is 14.9. The highest BCUT2D eigenvalue weighted by Gasteiger charge is 2.31. The summed E-state index contributed by atoms with van der Waals surface area (Å²) in [5, 5.41) is 0.311. The number of ether oxygens (including phenoxy) is 2. The average molecular weight is 500 g/mol. The molecular weight excluding hydrogens is 474 g/mol. The standard InChI is InChI=1S/C28H25F4NO3/c1-2-3-7-18-14-22-25(16-26(18)36-13-12-35-20-8-5-4-6-9-20)33-17-23(27(22)34)21-11-10-19(15-24(21)29)28(30,31)32/h4-6,8-11,14-17H,2-3,7,12-13H2,1H3,(H,33,34). The number of unbranched alkanes of at least 4 members (excludes halogenated alkanes) is 1. The van der Waals surface area contributed by atoms with Gasteiger partial charge in [0.25, 0.3) is 0 Å². The summed E-state index contributed by atoms with van der Waals surface area (Å²) in [6.07, 6.45) is -0.898. The van der Waals surface area contributed by atoms with Crippen LogP contribution in [0, 0.1) is 5.82 Å². The maximum absolute atomic E-state index is 14.6. The zero-order valence-corrected chi connectivity index (χ0v) is 19.6. The fraction of sp³-hybridized carbons (Fsp3) is 0.250. The monoisotopic (exact) mass is 499 g/mol. The maximum atomic E-state index is 14.6. The number of H-pyrrole nitrogens is 1. The van der Waals surface area contributed by atoms with Crippen molar-refractivity contribution < 1.29 is 27.0 Å². The van der Waals surface area contributed by atoms with E-state index in [-0.39, 0.29) is 11.1 Å². The van der Waals surface area contributed by atoms with Crippen LogP contribution in [0.25, 0.3) is 22.0 Å². The topological polar surface area (TPSA) is 51.3 Å². The number of hydrogen-bond acceptors (Lipinski definition) is 3. The number of pyridine rings is 1. The highest BCUT2D eigenvalue weighted by molar-refractivity contribution is 5.85. The van der Waals surface area contributed by atoms with E-state index >= 15 is 0 Å². The SMILES string of the molecule is CCCCc1cc2c(=O)c(-c3ccc(C(F)(F)F)cc3F)c[nH]c2cc1OCCOc1ccccc1. The molecule has 1 heterocycles. The second-order valence-electron chi connectivity index (χ2n) is 8.34. The van der Waals surface area contributed by atoms with Gasteiger partial charge in [-0.15, -0.1) is 0 Å². The molecule has 4 nitrogen and oxygen atoms in total. The van der Waals surface area contributed by atoms with E-state index in [4.69, 9.17) is 9.47 Å². The minimum Gasteiger partial charge on any atom is -0.490 e. The molecule has 4 rings (SSSR count). The fourth-order valence-electron chi connectivity index (χ4n) is 3.93. The quantitative estimate of drug-likeness (QED) is 0.197. The van der Waals surface area contributed by atoms with Gasteiger partial charge in [0.05, 0.1) is 11.1 Å². The first-order valence-electron chi connectivity index (χ1n) is 11.6. The van der Waals surface area contributed by atoms with Crippen molar-refractivity contribution in [1.29, 1.82) is 0 Å². The Morgan fingerprint density at radius 2 is 1.67 bits per heavy atom. The summed E-state index contributed by atoms with van der Waals surface area (Å²) in [4.78, 5) is 16.2. The minimum absolute atomic E-state index is 0.0416. The third-order valence-electron chi connectivity index (χ3n) is 5.80. The minimum atomic E-state index is -4.67. The summed E-state index contributed by atoms with van der Waals surface area (Å²) in [6.45, 7) is 2.67. The molecule has 0 bridgehead atoms. The first-order chi connectivity index (χ1) is 17.3. The number of rotatable bonds is 9. The van der Waals surface area contributed by atoms with Crippen LogP contribution in [0.3, 0.4) is 0 Å². The number of aromatic nitrogens is 1. The van der Waals surface area contributed by atoms with Crippen LogP contribution in [0.5, 0.6) is 11.5 Å². The number of para-hydroxylation sites is 1. The summed E-state index contributed by atoms with van der Waals surface area (Å²) in [7, 11) is 0. The van der Waals surface area contributed by atoms with Crippen molar-refractivity contribution in [2.45, 2.75) is 32.4 Å². The molecule has 1 aromatic heterocycles. The zero-order valence-electron chi connectivity index (χ0n) is 19.6. The number of fused-ring (bicyclic) bond motifs is 1. The van der Waals surface area contributed by atoms with Crippen LogP contribution >= 0.6 is 0 Å². The van der Waals surface area contributed by atoms with E-state index in [2.05, 4.69) is 4.98 Å². The summed E-state index contributed by atoms with van der Waals surface area (Å²) >= 11 is 0. The Bertz CT molecular complexity index is 1400. The Hall–Kier alpha value is -3.81. The van der Waals surface area contributed by atoms with Crippen LogP contribution in [-0.4, -0.2) is 18.2 Å². The van der Waals surface area contributed by atoms with Crippen molar-refractivity contribution in [3.8, 4) is 22.6 Å². The van der Waals surface area contributed by atoms with Crippen LogP contribution < -0.4 is 14.9 Å². The molecule has 0 atom stereocenters.